The maximum Gasteiger partial charge on any atom is 0.160 e. The van der Waals surface area contributed by atoms with Gasteiger partial charge in [0.05, 0.1) is 0 Å². The summed E-state index contributed by atoms with van der Waals surface area (Å²) in [4.78, 5) is 10.3. The van der Waals surface area contributed by atoms with E-state index in [0.29, 0.717) is 0 Å². The number of halogens is 1. The normalized spacial score (nSPS) is 12.2. The Labute approximate surface area is 86.0 Å². The Bertz CT molecular complexity index is 286. The lowest BCUT2D eigenvalue weighted by atomic mass is 10.2. The largest absolute Gasteiger partial charge is 0.483 e. The Kier molecular flexibility index (Phi) is 3.96. The van der Waals surface area contributed by atoms with Gasteiger partial charge in [-0.25, -0.2) is 0 Å². The van der Waals surface area contributed by atoms with E-state index in [-0.39, 0.29) is 6.10 Å². The zero-order valence-electron chi connectivity index (χ0n) is 7.37. The van der Waals surface area contributed by atoms with Crippen molar-refractivity contribution in [2.45, 2.75) is 18.4 Å². The number of carbonyl (C=O) groups is 1. The summed E-state index contributed by atoms with van der Waals surface area (Å²) < 4.78 is 5.32. The molecule has 0 fully saturated rings. The number of ether oxygens (including phenoxy) is 1. The second-order valence-corrected chi connectivity index (χ2v) is 3.30. The first-order chi connectivity index (χ1) is 6.26. The number of hydrogen-bond donors (Lipinski definition) is 0. The molecule has 1 aromatic carbocycles. The minimum Gasteiger partial charge on any atom is -0.483 e. The van der Waals surface area contributed by atoms with Crippen molar-refractivity contribution in [2.75, 3.05) is 0 Å². The summed E-state index contributed by atoms with van der Waals surface area (Å²) in [5, 5.41) is 0.791. The highest BCUT2D eigenvalue weighted by atomic mass is 79.9. The molecule has 0 saturated heterocycles. The highest BCUT2D eigenvalue weighted by molar-refractivity contribution is 9.08. The molecule has 13 heavy (non-hydrogen) atoms. The Morgan fingerprint density at radius 2 is 2.38 bits per heavy atom. The van der Waals surface area contributed by atoms with Gasteiger partial charge in [-0.2, -0.15) is 0 Å². The van der Waals surface area contributed by atoms with E-state index in [2.05, 4.69) is 15.9 Å². The molecule has 0 unspecified atom stereocenters. The van der Waals surface area contributed by atoms with Gasteiger partial charge >= 0.3 is 0 Å². The van der Waals surface area contributed by atoms with Crippen LogP contribution in [0.4, 0.5) is 0 Å². The van der Waals surface area contributed by atoms with Crippen molar-refractivity contribution in [3.8, 4) is 5.75 Å². The summed E-state index contributed by atoms with van der Waals surface area (Å²) in [6.45, 7) is 1.72. The number of rotatable bonds is 4. The molecule has 0 aliphatic rings. The van der Waals surface area contributed by atoms with Gasteiger partial charge in [-0.1, -0.05) is 28.1 Å². The van der Waals surface area contributed by atoms with Crippen molar-refractivity contribution in [3.63, 3.8) is 0 Å². The highest BCUT2D eigenvalue weighted by Gasteiger charge is 2.01. The van der Waals surface area contributed by atoms with Crippen LogP contribution in [-0.4, -0.2) is 12.4 Å². The quantitative estimate of drug-likeness (QED) is 0.600. The van der Waals surface area contributed by atoms with Crippen LogP contribution in [-0.2, 0) is 10.1 Å². The van der Waals surface area contributed by atoms with Crippen LogP contribution in [0, 0.1) is 0 Å². The van der Waals surface area contributed by atoms with E-state index in [4.69, 9.17) is 4.74 Å². The third kappa shape index (κ3) is 3.19. The minimum atomic E-state index is -0.384. The van der Waals surface area contributed by atoms with Gasteiger partial charge < -0.3 is 4.74 Å². The average Bonchev–Trinajstić information content (AvgIpc) is 2.18. The molecule has 0 aromatic heterocycles. The second-order valence-electron chi connectivity index (χ2n) is 2.74. The highest BCUT2D eigenvalue weighted by Crippen LogP contribution is 2.16. The summed E-state index contributed by atoms with van der Waals surface area (Å²) in [6, 6.07) is 7.65. The molecule has 0 spiro atoms. The Morgan fingerprint density at radius 3 is 3.00 bits per heavy atom. The topological polar surface area (TPSA) is 26.3 Å². The fraction of sp³-hybridized carbons (Fsp3) is 0.300. The molecule has 0 aliphatic heterocycles. The van der Waals surface area contributed by atoms with Gasteiger partial charge in [-0.15, -0.1) is 0 Å². The fourth-order valence-corrected chi connectivity index (χ4v) is 1.29. The molecule has 0 aliphatic carbocycles. The van der Waals surface area contributed by atoms with Crippen LogP contribution in [0.25, 0.3) is 0 Å². The van der Waals surface area contributed by atoms with Gasteiger partial charge in [0.25, 0.3) is 0 Å². The molecular formula is C10H11BrO2. The van der Waals surface area contributed by atoms with Crippen LogP contribution < -0.4 is 4.74 Å². The molecule has 1 atom stereocenters. The lowest BCUT2D eigenvalue weighted by Crippen LogP contribution is -2.12. The smallest absolute Gasteiger partial charge is 0.160 e. The van der Waals surface area contributed by atoms with Gasteiger partial charge in [0.2, 0.25) is 0 Å². The lowest BCUT2D eigenvalue weighted by molar-refractivity contribution is -0.113. The molecule has 2 nitrogen and oxygen atoms in total. The van der Waals surface area contributed by atoms with Crippen LogP contribution in [0.1, 0.15) is 12.5 Å². The first kappa shape index (κ1) is 10.3. The molecule has 0 N–H and O–H groups in total. The van der Waals surface area contributed by atoms with Gasteiger partial charge in [0.15, 0.2) is 12.4 Å². The molecule has 3 heteroatoms. The van der Waals surface area contributed by atoms with Crippen LogP contribution in [0.5, 0.6) is 5.75 Å². The van der Waals surface area contributed by atoms with Crippen molar-refractivity contribution >= 4 is 22.2 Å². The zero-order chi connectivity index (χ0) is 9.68. The molecule has 70 valence electrons. The van der Waals surface area contributed by atoms with E-state index >= 15 is 0 Å². The van der Waals surface area contributed by atoms with Gasteiger partial charge in [0.1, 0.15) is 5.75 Å². The molecule has 0 bridgehead atoms. The molecule has 0 radical (unpaired) electrons. The predicted octanol–water partition coefficient (Wildman–Crippen LogP) is 2.55. The third-order valence-corrected chi connectivity index (χ3v) is 2.21. The van der Waals surface area contributed by atoms with Gasteiger partial charge in [0, 0.05) is 5.33 Å². The first-order valence-corrected chi connectivity index (χ1v) is 5.15. The number of carbonyl (C=O) groups excluding carboxylic acids is 1. The summed E-state index contributed by atoms with van der Waals surface area (Å²) >= 11 is 3.35. The predicted molar refractivity (Wildman–Crippen MR) is 55.2 cm³/mol. The Morgan fingerprint density at radius 1 is 1.62 bits per heavy atom. The van der Waals surface area contributed by atoms with Crippen molar-refractivity contribution in [3.05, 3.63) is 29.8 Å². The minimum absolute atomic E-state index is 0.384. The van der Waals surface area contributed by atoms with Crippen LogP contribution in [0.2, 0.25) is 0 Å². The van der Waals surface area contributed by atoms with Crippen LogP contribution in [0.15, 0.2) is 24.3 Å². The molecule has 1 rings (SSSR count). The summed E-state index contributed by atoms with van der Waals surface area (Å²) in [5.74, 6) is 0.733. The zero-order valence-corrected chi connectivity index (χ0v) is 8.95. The molecule has 1 aromatic rings. The number of aldehydes is 1. The lowest BCUT2D eigenvalue weighted by Gasteiger charge is -2.08. The van der Waals surface area contributed by atoms with Crippen molar-refractivity contribution in [1.29, 1.82) is 0 Å². The number of alkyl halides is 1. The molecule has 0 amide bonds. The summed E-state index contributed by atoms with van der Waals surface area (Å²) in [6.07, 6.45) is 0.395. The van der Waals surface area contributed by atoms with Crippen molar-refractivity contribution in [1.82, 2.24) is 0 Å². The molecule has 0 heterocycles. The standard InChI is InChI=1S/C10H11BrO2/c1-8(7-12)13-10-4-2-3-9(5-10)6-11/h2-5,7-8H,6H2,1H3/t8-/m0/s1. The van der Waals surface area contributed by atoms with Crippen molar-refractivity contribution in [2.24, 2.45) is 0 Å². The van der Waals surface area contributed by atoms with E-state index in [1.807, 2.05) is 24.3 Å². The fourth-order valence-electron chi connectivity index (χ4n) is 0.944. The van der Waals surface area contributed by atoms with Crippen molar-refractivity contribution < 1.29 is 9.53 Å². The summed E-state index contributed by atoms with van der Waals surface area (Å²) in [5.41, 5.74) is 1.13. The Hall–Kier alpha value is -0.830. The maximum atomic E-state index is 10.3. The SMILES string of the molecule is C[C@@H](C=O)Oc1cccc(CBr)c1. The number of hydrogen-bond acceptors (Lipinski definition) is 2. The third-order valence-electron chi connectivity index (χ3n) is 1.57. The molecule has 0 saturated carbocycles. The monoisotopic (exact) mass is 242 g/mol. The van der Waals surface area contributed by atoms with Gasteiger partial charge in [-0.05, 0) is 24.6 Å². The van der Waals surface area contributed by atoms with Gasteiger partial charge in [-0.3, -0.25) is 4.79 Å². The first-order valence-electron chi connectivity index (χ1n) is 4.03. The Balaban J connectivity index is 2.71. The molecular weight excluding hydrogens is 232 g/mol. The van der Waals surface area contributed by atoms with E-state index in [1.165, 1.54) is 0 Å². The summed E-state index contributed by atoms with van der Waals surface area (Å²) in [7, 11) is 0. The van der Waals surface area contributed by atoms with E-state index in [9.17, 15) is 4.79 Å². The second kappa shape index (κ2) is 5.02. The van der Waals surface area contributed by atoms with E-state index < -0.39 is 0 Å². The van der Waals surface area contributed by atoms with Crippen LogP contribution in [0.3, 0.4) is 0 Å². The van der Waals surface area contributed by atoms with Crippen LogP contribution >= 0.6 is 15.9 Å². The van der Waals surface area contributed by atoms with E-state index in [0.717, 1.165) is 22.9 Å². The number of benzene rings is 1. The average molecular weight is 243 g/mol. The van der Waals surface area contributed by atoms with E-state index in [1.54, 1.807) is 6.92 Å². The maximum absolute atomic E-state index is 10.3.